The Morgan fingerprint density at radius 1 is 0.784 bits per heavy atom. The molecule has 3 aliphatic carbocycles. The molecule has 1 saturated heterocycles. The van der Waals surface area contributed by atoms with E-state index in [9.17, 15) is 0 Å². The van der Waals surface area contributed by atoms with Gasteiger partial charge in [-0.2, -0.15) is 6.67 Å². The van der Waals surface area contributed by atoms with Crippen molar-refractivity contribution in [2.45, 2.75) is 113 Å². The van der Waals surface area contributed by atoms with E-state index in [0.29, 0.717) is 0 Å². The predicted octanol–water partition coefficient (Wildman–Crippen LogP) is 9.59. The van der Waals surface area contributed by atoms with E-state index in [1.54, 1.807) is 108 Å². The molecule has 0 radical (unpaired) electrons. The zero-order valence-corrected chi connectivity index (χ0v) is 28.3. The Morgan fingerprint density at radius 2 is 1.24 bits per heavy atom. The first kappa shape index (κ1) is 32.5. The van der Waals surface area contributed by atoms with Crippen molar-refractivity contribution in [3.8, 4) is 0 Å². The standard InChI is InChI=1S/C18H33P.C7H6.C5H11N2S.2ClH.Ru/c1-4-10-16(11-5-1)19(17-12-6-2-7-13-17)18-14-8-3-9-15-18;1-7-5-3-2-4-6-7;1-6-3-4-7(5-6)8-2;;;/h16-18H,1-15H2;1-6H;5H,3-4H2,1-2H3;2*1H;/q;;-1;;;+2/p-1. The summed E-state index contributed by atoms with van der Waals surface area (Å²) in [6, 6.07) is 9.89. The van der Waals surface area contributed by atoms with Gasteiger partial charge in [-0.3, -0.25) is 0 Å². The monoisotopic (exact) mass is 674 g/mol. The second-order valence-electron chi connectivity index (χ2n) is 11.1. The summed E-state index contributed by atoms with van der Waals surface area (Å²) in [7, 11) is 13.4. The van der Waals surface area contributed by atoms with Crippen molar-refractivity contribution in [3.05, 3.63) is 42.6 Å². The number of likely N-dealkylation sites (N-methyl/N-ethyl adjacent to an activating group) is 1. The molecule has 4 aliphatic rings. The van der Waals surface area contributed by atoms with E-state index < -0.39 is 13.5 Å². The fourth-order valence-corrected chi connectivity index (χ4v) is 14.2. The number of benzene rings is 1. The van der Waals surface area contributed by atoms with Gasteiger partial charge in [-0.25, -0.2) is 0 Å². The van der Waals surface area contributed by atoms with Crippen LogP contribution in [0.2, 0.25) is 0 Å². The van der Waals surface area contributed by atoms with Gasteiger partial charge in [-0.15, -0.1) is 11.9 Å². The van der Waals surface area contributed by atoms with Gasteiger partial charge < -0.3 is 9.21 Å². The Morgan fingerprint density at radius 3 is 1.57 bits per heavy atom. The number of nitrogens with zero attached hydrogens (tertiary/aromatic N) is 2. The molecule has 5 rings (SSSR count). The first-order chi connectivity index (χ1) is 18.1. The Bertz CT molecular complexity index is 706. The molecule has 4 fully saturated rings. The third-order valence-corrected chi connectivity index (χ3v) is 15.6. The molecule has 214 valence electrons. The van der Waals surface area contributed by atoms with E-state index in [1.807, 2.05) is 34.9 Å². The fourth-order valence-electron chi connectivity index (χ4n) is 6.65. The quantitative estimate of drug-likeness (QED) is 0.133. The van der Waals surface area contributed by atoms with Crippen molar-refractivity contribution in [1.29, 1.82) is 0 Å². The molecular weight excluding hydrogens is 623 g/mol. The molecule has 0 atom stereocenters. The molecule has 7 heteroatoms. The van der Waals surface area contributed by atoms with E-state index in [4.69, 9.17) is 19.4 Å². The summed E-state index contributed by atoms with van der Waals surface area (Å²) in [4.78, 5) is 2.19. The summed E-state index contributed by atoms with van der Waals surface area (Å²) in [5, 5.41) is 0. The molecule has 0 bridgehead atoms. The van der Waals surface area contributed by atoms with Crippen molar-refractivity contribution in [2.75, 3.05) is 26.4 Å². The van der Waals surface area contributed by atoms with E-state index in [-0.39, 0.29) is 7.92 Å². The summed E-state index contributed by atoms with van der Waals surface area (Å²) in [6.07, 6.45) is 25.9. The van der Waals surface area contributed by atoms with Gasteiger partial charge in [-0.1, -0.05) is 19.3 Å². The molecule has 0 unspecified atom stereocenters. The van der Waals surface area contributed by atoms with E-state index in [1.165, 1.54) is 23.5 Å². The molecule has 1 aromatic carbocycles. The van der Waals surface area contributed by atoms with Crippen LogP contribution in [-0.4, -0.2) is 57.2 Å². The van der Waals surface area contributed by atoms with Crippen LogP contribution in [0.1, 0.15) is 102 Å². The molecule has 37 heavy (non-hydrogen) atoms. The van der Waals surface area contributed by atoms with E-state index >= 15 is 0 Å². The molecule has 0 aromatic heterocycles. The zero-order valence-electron chi connectivity index (χ0n) is 23.2. The topological polar surface area (TPSA) is 6.48 Å². The van der Waals surface area contributed by atoms with Gasteiger partial charge in [-0.05, 0) is 103 Å². The summed E-state index contributed by atoms with van der Waals surface area (Å²) in [5.74, 6) is 0. The van der Waals surface area contributed by atoms with Crippen LogP contribution in [0.4, 0.5) is 0 Å². The number of hydrogen-bond acceptors (Lipinski definition) is 3. The van der Waals surface area contributed by atoms with Crippen LogP contribution in [0.3, 0.4) is 0 Å². The van der Waals surface area contributed by atoms with Crippen molar-refractivity contribution in [3.63, 3.8) is 0 Å². The summed E-state index contributed by atoms with van der Waals surface area (Å²) in [5.41, 5.74) is 4.80. The molecule has 1 aliphatic heterocycles. The zero-order chi connectivity index (χ0) is 26.3. The van der Waals surface area contributed by atoms with Crippen LogP contribution in [-0.2, 0) is 13.5 Å². The minimum atomic E-state index is -1.61. The van der Waals surface area contributed by atoms with Crippen molar-refractivity contribution in [1.82, 2.24) is 9.21 Å². The third-order valence-electron chi connectivity index (χ3n) is 8.46. The Hall–Kier alpha value is 0.993. The second kappa shape index (κ2) is 19.2. The van der Waals surface area contributed by atoms with Gasteiger partial charge in [0, 0.05) is 7.92 Å². The predicted molar refractivity (Wildman–Crippen MR) is 169 cm³/mol. The van der Waals surface area contributed by atoms with Gasteiger partial charge in [0.05, 0.1) is 17.0 Å². The van der Waals surface area contributed by atoms with Gasteiger partial charge in [0.1, 0.15) is 0 Å². The van der Waals surface area contributed by atoms with E-state index in [0.717, 1.165) is 12.1 Å². The Kier molecular flexibility index (Phi) is 16.8. The van der Waals surface area contributed by atoms with Crippen LogP contribution >= 0.6 is 39.3 Å². The number of halogens is 2. The minimum absolute atomic E-state index is 0.0465. The summed E-state index contributed by atoms with van der Waals surface area (Å²) >= 11 is 0.157. The Labute approximate surface area is 247 Å². The molecule has 1 heterocycles. The van der Waals surface area contributed by atoms with Crippen LogP contribution in [0.5, 0.6) is 0 Å². The van der Waals surface area contributed by atoms with Crippen molar-refractivity contribution in [2.24, 2.45) is 0 Å². The molecule has 0 N–H and O–H groups in total. The summed E-state index contributed by atoms with van der Waals surface area (Å²) in [6.45, 7) is 4.46. The van der Waals surface area contributed by atoms with Gasteiger partial charge in [0.25, 0.3) is 0 Å². The fraction of sp³-hybridized carbons (Fsp3) is 0.733. The van der Waals surface area contributed by atoms with Crippen LogP contribution in [0, 0.1) is 6.67 Å². The van der Waals surface area contributed by atoms with Crippen LogP contribution < -0.4 is 0 Å². The maximum atomic E-state index is 5.67. The van der Waals surface area contributed by atoms with Gasteiger partial charge in [0.2, 0.25) is 0 Å². The second-order valence-corrected chi connectivity index (χ2v) is 21.2. The van der Waals surface area contributed by atoms with Gasteiger partial charge in [0.15, 0.2) is 0 Å². The molecule has 0 spiro atoms. The number of hydrogen-bond donors (Lipinski definition) is 0. The van der Waals surface area contributed by atoms with Crippen molar-refractivity contribution >= 4 is 43.9 Å². The first-order valence-corrected chi connectivity index (χ1v) is 23.1. The molecule has 1 aromatic rings. The molecule has 2 nitrogen and oxygen atoms in total. The SMILES string of the molecule is C1CCC([PH+](C2CCCCC2)C2CCCCC2)CC1.CSN1[CH-]N(C)CC1.[Cl][Ru]([Cl])=[CH]c1ccccc1. The molecule has 0 amide bonds. The van der Waals surface area contributed by atoms with Crippen LogP contribution in [0.15, 0.2) is 30.3 Å². The molecule has 3 saturated carbocycles. The van der Waals surface area contributed by atoms with Crippen molar-refractivity contribution < 1.29 is 13.5 Å². The normalized spacial score (nSPS) is 23.1. The summed E-state index contributed by atoms with van der Waals surface area (Å²) < 4.78 is 4.15. The third kappa shape index (κ3) is 12.6. The van der Waals surface area contributed by atoms with Gasteiger partial charge >= 0.3 is 73.4 Å². The van der Waals surface area contributed by atoms with E-state index in [2.05, 4.69) is 29.2 Å². The average molecular weight is 675 g/mol. The molecular formula is C30H51Cl2N2PRuS. The Balaban J connectivity index is 0.000000177. The number of rotatable bonds is 5. The van der Waals surface area contributed by atoms with Crippen LogP contribution in [0.25, 0.3) is 0 Å². The maximum absolute atomic E-state index is 5.67. The first-order valence-electron chi connectivity index (χ1n) is 14.7. The average Bonchev–Trinajstić information content (AvgIpc) is 3.37.